The molecule has 1 aromatic heterocycles. The number of aryl methyl sites for hydroxylation is 2. The van der Waals surface area contributed by atoms with Crippen LogP contribution in [0.1, 0.15) is 21.7 Å². The molecule has 0 saturated carbocycles. The van der Waals surface area contributed by atoms with Crippen molar-refractivity contribution in [3.63, 3.8) is 0 Å². The van der Waals surface area contributed by atoms with E-state index < -0.39 is 0 Å². The number of fused-ring (bicyclic) bond motifs is 1. The van der Waals surface area contributed by atoms with E-state index >= 15 is 0 Å². The van der Waals surface area contributed by atoms with E-state index in [0.29, 0.717) is 24.1 Å². The van der Waals surface area contributed by atoms with Crippen LogP contribution < -0.4 is 10.3 Å². The Morgan fingerprint density at radius 1 is 0.963 bits per heavy atom. The van der Waals surface area contributed by atoms with E-state index in [4.69, 9.17) is 4.42 Å². The number of hydrogen-bond donors (Lipinski definition) is 0. The van der Waals surface area contributed by atoms with Gasteiger partial charge in [-0.15, -0.1) is 0 Å². The first-order valence-corrected chi connectivity index (χ1v) is 9.17. The van der Waals surface area contributed by atoms with Crippen molar-refractivity contribution in [1.29, 1.82) is 0 Å². The second-order valence-electron chi connectivity index (χ2n) is 7.04. The summed E-state index contributed by atoms with van der Waals surface area (Å²) in [6, 6.07) is 15.0. The van der Waals surface area contributed by atoms with E-state index in [-0.39, 0.29) is 17.1 Å². The highest BCUT2D eigenvalue weighted by Gasteiger charge is 2.25. The van der Waals surface area contributed by atoms with E-state index in [1.807, 2.05) is 25.1 Å². The van der Waals surface area contributed by atoms with Gasteiger partial charge in [-0.05, 0) is 37.6 Å². The minimum atomic E-state index is -0.223. The minimum absolute atomic E-state index is 0.112. The van der Waals surface area contributed by atoms with Gasteiger partial charge in [-0.3, -0.25) is 9.59 Å². The quantitative estimate of drug-likeness (QED) is 0.701. The molecule has 0 bridgehead atoms. The number of para-hydroxylation sites is 1. The lowest BCUT2D eigenvalue weighted by Crippen LogP contribution is -2.49. The summed E-state index contributed by atoms with van der Waals surface area (Å²) >= 11 is 0. The Labute approximate surface area is 157 Å². The van der Waals surface area contributed by atoms with Gasteiger partial charge < -0.3 is 14.2 Å². The lowest BCUT2D eigenvalue weighted by molar-refractivity contribution is 0.0715. The van der Waals surface area contributed by atoms with Crippen molar-refractivity contribution in [2.45, 2.75) is 13.8 Å². The standard InChI is InChI=1S/C22H22N2O3/c1-15-7-8-20-17(13-15)19(25)14-21(27-20)22(26)24-11-9-23(10-12-24)18-6-4-3-5-16(18)2/h3-8,13-14H,9-12H2,1-2H3. The number of hydrogen-bond acceptors (Lipinski definition) is 4. The summed E-state index contributed by atoms with van der Waals surface area (Å²) in [5.74, 6) is -0.111. The Morgan fingerprint density at radius 3 is 2.44 bits per heavy atom. The van der Waals surface area contributed by atoms with Crippen molar-refractivity contribution in [3.05, 3.63) is 75.6 Å². The molecule has 0 radical (unpaired) electrons. The van der Waals surface area contributed by atoms with E-state index in [1.165, 1.54) is 17.3 Å². The van der Waals surface area contributed by atoms with Crippen molar-refractivity contribution < 1.29 is 9.21 Å². The van der Waals surface area contributed by atoms with Gasteiger partial charge in [0, 0.05) is 37.9 Å². The highest BCUT2D eigenvalue weighted by molar-refractivity contribution is 5.93. The van der Waals surface area contributed by atoms with Crippen LogP contribution in [-0.4, -0.2) is 37.0 Å². The molecular weight excluding hydrogens is 340 g/mol. The smallest absolute Gasteiger partial charge is 0.289 e. The zero-order valence-corrected chi connectivity index (χ0v) is 15.6. The largest absolute Gasteiger partial charge is 0.451 e. The molecule has 1 aliphatic heterocycles. The first-order valence-electron chi connectivity index (χ1n) is 9.17. The summed E-state index contributed by atoms with van der Waals surface area (Å²) in [5.41, 5.74) is 3.70. The summed E-state index contributed by atoms with van der Waals surface area (Å²) in [5, 5.41) is 0.510. The molecule has 0 aliphatic carbocycles. The Hall–Kier alpha value is -3.08. The van der Waals surface area contributed by atoms with Gasteiger partial charge in [0.2, 0.25) is 0 Å². The maximum Gasteiger partial charge on any atom is 0.289 e. The molecule has 5 nitrogen and oxygen atoms in total. The van der Waals surface area contributed by atoms with E-state index in [0.717, 1.165) is 18.7 Å². The van der Waals surface area contributed by atoms with Gasteiger partial charge in [-0.2, -0.15) is 0 Å². The fourth-order valence-corrected chi connectivity index (χ4v) is 3.60. The molecule has 0 N–H and O–H groups in total. The molecule has 4 rings (SSSR count). The van der Waals surface area contributed by atoms with Crippen molar-refractivity contribution >= 4 is 22.6 Å². The molecule has 3 aromatic rings. The summed E-state index contributed by atoms with van der Waals surface area (Å²) in [6.07, 6.45) is 0. The van der Waals surface area contributed by atoms with Crippen LogP contribution in [0.5, 0.6) is 0 Å². The van der Waals surface area contributed by atoms with Gasteiger partial charge >= 0.3 is 0 Å². The number of amides is 1. The first kappa shape index (κ1) is 17.3. The molecule has 0 spiro atoms. The molecule has 2 aromatic carbocycles. The molecule has 5 heteroatoms. The van der Waals surface area contributed by atoms with Crippen LogP contribution in [0.15, 0.2) is 57.7 Å². The zero-order chi connectivity index (χ0) is 19.0. The normalized spacial score (nSPS) is 14.6. The second kappa shape index (κ2) is 6.91. The number of benzene rings is 2. The zero-order valence-electron chi connectivity index (χ0n) is 15.6. The third kappa shape index (κ3) is 3.33. The number of rotatable bonds is 2. The Kier molecular flexibility index (Phi) is 4.44. The fraction of sp³-hybridized carbons (Fsp3) is 0.273. The molecule has 1 aliphatic rings. The highest BCUT2D eigenvalue weighted by atomic mass is 16.3. The average molecular weight is 362 g/mol. The monoisotopic (exact) mass is 362 g/mol. The molecule has 2 heterocycles. The van der Waals surface area contributed by atoms with Crippen LogP contribution in [-0.2, 0) is 0 Å². The predicted octanol–water partition coefficient (Wildman–Crippen LogP) is 3.37. The van der Waals surface area contributed by atoms with E-state index in [1.54, 1.807) is 17.0 Å². The molecule has 27 heavy (non-hydrogen) atoms. The fourth-order valence-electron chi connectivity index (χ4n) is 3.60. The molecule has 1 fully saturated rings. The summed E-state index contributed by atoms with van der Waals surface area (Å²) in [7, 11) is 0. The molecule has 0 atom stereocenters. The Bertz CT molecular complexity index is 1060. The third-order valence-electron chi connectivity index (χ3n) is 5.12. The Balaban J connectivity index is 1.53. The molecule has 138 valence electrons. The van der Waals surface area contributed by atoms with Crippen molar-refractivity contribution in [1.82, 2.24) is 4.90 Å². The van der Waals surface area contributed by atoms with Crippen LogP contribution in [0.25, 0.3) is 11.0 Å². The van der Waals surface area contributed by atoms with Gasteiger partial charge in [0.25, 0.3) is 5.91 Å². The van der Waals surface area contributed by atoms with Crippen LogP contribution in [0.2, 0.25) is 0 Å². The first-order chi connectivity index (χ1) is 13.0. The van der Waals surface area contributed by atoms with Crippen LogP contribution in [0, 0.1) is 13.8 Å². The number of carbonyl (C=O) groups excluding carboxylic acids is 1. The number of piperazine rings is 1. The number of nitrogens with zero attached hydrogens (tertiary/aromatic N) is 2. The maximum absolute atomic E-state index is 12.8. The Morgan fingerprint density at radius 2 is 1.70 bits per heavy atom. The maximum atomic E-state index is 12.8. The highest BCUT2D eigenvalue weighted by Crippen LogP contribution is 2.22. The van der Waals surface area contributed by atoms with Crippen LogP contribution in [0.4, 0.5) is 5.69 Å². The number of anilines is 1. The lowest BCUT2D eigenvalue weighted by atomic mass is 10.1. The summed E-state index contributed by atoms with van der Waals surface area (Å²) in [6.45, 7) is 6.73. The van der Waals surface area contributed by atoms with E-state index in [9.17, 15) is 9.59 Å². The molecular formula is C22H22N2O3. The summed E-state index contributed by atoms with van der Waals surface area (Å²) < 4.78 is 5.74. The van der Waals surface area contributed by atoms with Crippen molar-refractivity contribution in [2.75, 3.05) is 31.1 Å². The van der Waals surface area contributed by atoms with Gasteiger partial charge in [0.1, 0.15) is 5.58 Å². The van der Waals surface area contributed by atoms with Crippen molar-refractivity contribution in [2.24, 2.45) is 0 Å². The topological polar surface area (TPSA) is 53.8 Å². The second-order valence-corrected chi connectivity index (χ2v) is 7.04. The molecule has 1 amide bonds. The molecule has 1 saturated heterocycles. The minimum Gasteiger partial charge on any atom is -0.451 e. The van der Waals surface area contributed by atoms with Crippen LogP contribution >= 0.6 is 0 Å². The van der Waals surface area contributed by atoms with Crippen molar-refractivity contribution in [3.8, 4) is 0 Å². The van der Waals surface area contributed by atoms with Crippen LogP contribution in [0.3, 0.4) is 0 Å². The molecule has 0 unspecified atom stereocenters. The average Bonchev–Trinajstić information content (AvgIpc) is 2.68. The van der Waals surface area contributed by atoms with Gasteiger partial charge in [0.05, 0.1) is 5.39 Å². The van der Waals surface area contributed by atoms with Gasteiger partial charge in [-0.1, -0.05) is 29.8 Å². The number of carbonyl (C=O) groups is 1. The summed E-state index contributed by atoms with van der Waals surface area (Å²) in [4.78, 5) is 29.3. The third-order valence-corrected chi connectivity index (χ3v) is 5.12. The SMILES string of the molecule is Cc1ccc2oc(C(=O)N3CCN(c4ccccc4C)CC3)cc(=O)c2c1. The van der Waals surface area contributed by atoms with E-state index in [2.05, 4.69) is 24.0 Å². The van der Waals surface area contributed by atoms with Gasteiger partial charge in [0.15, 0.2) is 11.2 Å². The lowest BCUT2D eigenvalue weighted by Gasteiger charge is -2.36. The predicted molar refractivity (Wildman–Crippen MR) is 107 cm³/mol. The van der Waals surface area contributed by atoms with Gasteiger partial charge in [-0.25, -0.2) is 0 Å².